The minimum atomic E-state index is -0.343. The summed E-state index contributed by atoms with van der Waals surface area (Å²) in [5, 5.41) is 11.0. The fourth-order valence-electron chi connectivity index (χ4n) is 1.59. The first-order chi connectivity index (χ1) is 6.16. The van der Waals surface area contributed by atoms with Crippen LogP contribution in [0.2, 0.25) is 5.02 Å². The first-order valence-electron chi connectivity index (χ1n) is 4.31. The highest BCUT2D eigenvalue weighted by atomic mass is 35.5. The molecule has 3 heteroatoms. The summed E-state index contributed by atoms with van der Waals surface area (Å²) in [6.45, 7) is 2.13. The molecule has 1 aromatic carbocycles. The maximum absolute atomic E-state index is 9.78. The van der Waals surface area contributed by atoms with Crippen molar-refractivity contribution in [2.45, 2.75) is 29.6 Å². The van der Waals surface area contributed by atoms with E-state index in [-0.39, 0.29) is 6.10 Å². The average Bonchev–Trinajstić information content (AvgIpc) is 2.06. The smallest absolute Gasteiger partial charge is 0.0811 e. The first kappa shape index (κ1) is 9.38. The topological polar surface area (TPSA) is 20.2 Å². The van der Waals surface area contributed by atoms with Crippen molar-refractivity contribution in [3.05, 3.63) is 28.8 Å². The second-order valence-electron chi connectivity index (χ2n) is 3.36. The van der Waals surface area contributed by atoms with E-state index in [1.165, 1.54) is 0 Å². The van der Waals surface area contributed by atoms with Gasteiger partial charge in [0.25, 0.3) is 0 Å². The third-order valence-electron chi connectivity index (χ3n) is 2.21. The van der Waals surface area contributed by atoms with Crippen LogP contribution in [0.15, 0.2) is 23.1 Å². The van der Waals surface area contributed by atoms with Gasteiger partial charge in [0.1, 0.15) is 0 Å². The molecule has 0 aliphatic carbocycles. The molecule has 0 saturated heterocycles. The lowest BCUT2D eigenvalue weighted by Crippen LogP contribution is -2.12. The molecule has 1 aromatic rings. The Morgan fingerprint density at radius 3 is 3.08 bits per heavy atom. The van der Waals surface area contributed by atoms with Crippen LogP contribution in [-0.4, -0.2) is 10.4 Å². The molecule has 0 amide bonds. The van der Waals surface area contributed by atoms with Gasteiger partial charge in [-0.1, -0.05) is 18.5 Å². The number of hydrogen-bond acceptors (Lipinski definition) is 2. The lowest BCUT2D eigenvalue weighted by Gasteiger charge is -2.25. The number of fused-ring (bicyclic) bond motifs is 1. The highest BCUT2D eigenvalue weighted by Gasteiger charge is 2.23. The van der Waals surface area contributed by atoms with Gasteiger partial charge in [0.2, 0.25) is 0 Å². The Morgan fingerprint density at radius 2 is 2.31 bits per heavy atom. The minimum Gasteiger partial charge on any atom is -0.388 e. The van der Waals surface area contributed by atoms with Gasteiger partial charge in [-0.05, 0) is 30.2 Å². The summed E-state index contributed by atoms with van der Waals surface area (Å²) in [7, 11) is 0. The van der Waals surface area contributed by atoms with E-state index >= 15 is 0 Å². The predicted molar refractivity (Wildman–Crippen MR) is 56.3 cm³/mol. The second-order valence-corrected chi connectivity index (χ2v) is 5.28. The van der Waals surface area contributed by atoms with E-state index in [2.05, 4.69) is 6.92 Å². The van der Waals surface area contributed by atoms with Gasteiger partial charge in [0.05, 0.1) is 6.10 Å². The molecule has 2 atom stereocenters. The summed E-state index contributed by atoms with van der Waals surface area (Å²) in [5.41, 5.74) is 0.982. The molecule has 0 fully saturated rings. The van der Waals surface area contributed by atoms with Gasteiger partial charge in [0.15, 0.2) is 0 Å². The van der Waals surface area contributed by atoms with Gasteiger partial charge < -0.3 is 5.11 Å². The molecule has 1 nitrogen and oxygen atoms in total. The largest absolute Gasteiger partial charge is 0.388 e. The van der Waals surface area contributed by atoms with E-state index < -0.39 is 0 Å². The number of aliphatic hydroxyl groups excluding tert-OH is 1. The van der Waals surface area contributed by atoms with Gasteiger partial charge in [-0.25, -0.2) is 0 Å². The Hall–Kier alpha value is -0.180. The fourth-order valence-corrected chi connectivity index (χ4v) is 2.96. The summed E-state index contributed by atoms with van der Waals surface area (Å²) in [6.07, 6.45) is 0.475. The molecule has 0 saturated carbocycles. The van der Waals surface area contributed by atoms with E-state index in [9.17, 15) is 5.11 Å². The maximum atomic E-state index is 9.78. The van der Waals surface area contributed by atoms with Gasteiger partial charge >= 0.3 is 0 Å². The molecule has 70 valence electrons. The normalized spacial score (nSPS) is 27.0. The third-order valence-corrected chi connectivity index (χ3v) is 3.67. The molecule has 2 rings (SSSR count). The van der Waals surface area contributed by atoms with Crippen molar-refractivity contribution in [3.8, 4) is 0 Å². The lowest BCUT2D eigenvalue weighted by atomic mass is 10.0. The van der Waals surface area contributed by atoms with Gasteiger partial charge in [-0.3, -0.25) is 0 Å². The molecule has 0 bridgehead atoms. The van der Waals surface area contributed by atoms with E-state index in [0.29, 0.717) is 10.3 Å². The van der Waals surface area contributed by atoms with Crippen LogP contribution in [0.1, 0.15) is 25.0 Å². The predicted octanol–water partition coefficient (Wildman–Crippen LogP) is 3.26. The Labute approximate surface area is 87.1 Å². The highest BCUT2D eigenvalue weighted by molar-refractivity contribution is 8.00. The van der Waals surface area contributed by atoms with Crippen LogP contribution >= 0.6 is 23.4 Å². The zero-order valence-electron chi connectivity index (χ0n) is 7.33. The molecule has 13 heavy (non-hydrogen) atoms. The number of benzene rings is 1. The molecule has 0 spiro atoms. The average molecular weight is 215 g/mol. The van der Waals surface area contributed by atoms with E-state index in [0.717, 1.165) is 16.9 Å². The Balaban J connectivity index is 2.43. The van der Waals surface area contributed by atoms with Crippen LogP contribution < -0.4 is 0 Å². The van der Waals surface area contributed by atoms with Gasteiger partial charge in [0, 0.05) is 15.2 Å². The molecule has 1 aliphatic heterocycles. The zero-order chi connectivity index (χ0) is 9.42. The quantitative estimate of drug-likeness (QED) is 0.716. The molecular formula is C10H11ClOS. The number of rotatable bonds is 0. The van der Waals surface area contributed by atoms with Crippen LogP contribution in [0.25, 0.3) is 0 Å². The van der Waals surface area contributed by atoms with E-state index in [1.807, 2.05) is 18.2 Å². The number of halogens is 1. The molecule has 2 unspecified atom stereocenters. The van der Waals surface area contributed by atoms with E-state index in [1.54, 1.807) is 11.8 Å². The monoisotopic (exact) mass is 214 g/mol. The van der Waals surface area contributed by atoms with Crippen molar-refractivity contribution in [1.29, 1.82) is 0 Å². The first-order valence-corrected chi connectivity index (χ1v) is 5.57. The molecule has 0 radical (unpaired) electrons. The van der Waals surface area contributed by atoms with Crippen molar-refractivity contribution < 1.29 is 5.11 Å². The van der Waals surface area contributed by atoms with Crippen LogP contribution in [0.5, 0.6) is 0 Å². The van der Waals surface area contributed by atoms with E-state index in [4.69, 9.17) is 11.6 Å². The number of aliphatic hydroxyl groups is 1. The Kier molecular flexibility index (Phi) is 2.54. The van der Waals surface area contributed by atoms with Crippen LogP contribution in [0, 0.1) is 0 Å². The van der Waals surface area contributed by atoms with Crippen molar-refractivity contribution >= 4 is 23.4 Å². The molecular weight excluding hydrogens is 204 g/mol. The summed E-state index contributed by atoms with van der Waals surface area (Å²) in [5.74, 6) is 0. The minimum absolute atomic E-state index is 0.343. The van der Waals surface area contributed by atoms with Crippen molar-refractivity contribution in [3.63, 3.8) is 0 Å². The van der Waals surface area contributed by atoms with Crippen molar-refractivity contribution in [2.75, 3.05) is 0 Å². The third kappa shape index (κ3) is 1.85. The summed E-state index contributed by atoms with van der Waals surface area (Å²) < 4.78 is 0. The Bertz CT molecular complexity index is 327. The standard InChI is InChI=1S/C10H11ClOS/c1-6-4-9(12)8-5-7(11)2-3-10(8)13-6/h2-3,5-6,9,12H,4H2,1H3. The fraction of sp³-hybridized carbons (Fsp3) is 0.400. The van der Waals surface area contributed by atoms with Crippen LogP contribution in [0.3, 0.4) is 0 Å². The number of hydrogen-bond donors (Lipinski definition) is 1. The van der Waals surface area contributed by atoms with Crippen LogP contribution in [-0.2, 0) is 0 Å². The molecule has 1 heterocycles. The highest BCUT2D eigenvalue weighted by Crippen LogP contribution is 2.41. The van der Waals surface area contributed by atoms with Crippen LogP contribution in [0.4, 0.5) is 0 Å². The molecule has 0 aromatic heterocycles. The molecule has 1 N–H and O–H groups in total. The Morgan fingerprint density at radius 1 is 1.54 bits per heavy atom. The summed E-state index contributed by atoms with van der Waals surface area (Å²) >= 11 is 7.66. The SMILES string of the molecule is CC1CC(O)c2cc(Cl)ccc2S1. The summed E-state index contributed by atoms with van der Waals surface area (Å²) in [6, 6.07) is 5.72. The van der Waals surface area contributed by atoms with Crippen molar-refractivity contribution in [2.24, 2.45) is 0 Å². The maximum Gasteiger partial charge on any atom is 0.0811 e. The van der Waals surface area contributed by atoms with Gasteiger partial charge in [-0.15, -0.1) is 11.8 Å². The second kappa shape index (κ2) is 3.52. The number of thioether (sulfide) groups is 1. The lowest BCUT2D eigenvalue weighted by molar-refractivity contribution is 0.163. The summed E-state index contributed by atoms with van der Waals surface area (Å²) in [4.78, 5) is 1.16. The van der Waals surface area contributed by atoms with Crippen molar-refractivity contribution in [1.82, 2.24) is 0 Å². The van der Waals surface area contributed by atoms with Gasteiger partial charge in [-0.2, -0.15) is 0 Å². The molecule has 1 aliphatic rings. The zero-order valence-corrected chi connectivity index (χ0v) is 8.90.